The second kappa shape index (κ2) is 3.25. The number of carbonyl (C=O) groups is 1. The summed E-state index contributed by atoms with van der Waals surface area (Å²) in [5.74, 6) is -1.07. The standard InChI is InChI=1S/C7H10N2O3/c1-2-5-3-8-9(7(5)12)4-6(10)11/h3,12H,2,4H2,1H3,(H,10,11). The van der Waals surface area contributed by atoms with Gasteiger partial charge in [-0.1, -0.05) is 6.92 Å². The van der Waals surface area contributed by atoms with Crippen molar-refractivity contribution in [3.63, 3.8) is 0 Å². The van der Waals surface area contributed by atoms with E-state index < -0.39 is 5.97 Å². The maximum absolute atomic E-state index is 10.2. The van der Waals surface area contributed by atoms with Crippen LogP contribution in [0, 0.1) is 0 Å². The van der Waals surface area contributed by atoms with Crippen LogP contribution < -0.4 is 0 Å². The maximum Gasteiger partial charge on any atom is 0.325 e. The fourth-order valence-electron chi connectivity index (χ4n) is 0.911. The zero-order chi connectivity index (χ0) is 9.14. The minimum Gasteiger partial charge on any atom is -0.493 e. The van der Waals surface area contributed by atoms with Gasteiger partial charge in [-0.25, -0.2) is 4.68 Å². The molecule has 5 nitrogen and oxygen atoms in total. The van der Waals surface area contributed by atoms with E-state index >= 15 is 0 Å². The molecule has 1 rings (SSSR count). The molecule has 1 heterocycles. The van der Waals surface area contributed by atoms with Gasteiger partial charge < -0.3 is 10.2 Å². The zero-order valence-corrected chi connectivity index (χ0v) is 6.69. The van der Waals surface area contributed by atoms with Gasteiger partial charge in [0, 0.05) is 5.56 Å². The molecule has 0 bridgehead atoms. The molecule has 0 aliphatic heterocycles. The third-order valence-corrected chi connectivity index (χ3v) is 1.55. The van der Waals surface area contributed by atoms with E-state index in [9.17, 15) is 9.90 Å². The van der Waals surface area contributed by atoms with E-state index in [2.05, 4.69) is 5.10 Å². The minimum absolute atomic E-state index is 0.0556. The van der Waals surface area contributed by atoms with E-state index in [4.69, 9.17) is 5.11 Å². The first-order valence-corrected chi connectivity index (χ1v) is 3.60. The molecule has 0 saturated carbocycles. The lowest BCUT2D eigenvalue weighted by molar-refractivity contribution is -0.138. The number of hydrogen-bond donors (Lipinski definition) is 2. The van der Waals surface area contributed by atoms with Gasteiger partial charge in [0.25, 0.3) is 0 Å². The van der Waals surface area contributed by atoms with Crippen molar-refractivity contribution >= 4 is 5.97 Å². The van der Waals surface area contributed by atoms with Crippen LogP contribution in [0.4, 0.5) is 0 Å². The molecule has 0 aliphatic rings. The summed E-state index contributed by atoms with van der Waals surface area (Å²) in [6, 6.07) is 0. The van der Waals surface area contributed by atoms with Crippen molar-refractivity contribution in [1.29, 1.82) is 0 Å². The monoisotopic (exact) mass is 170 g/mol. The maximum atomic E-state index is 10.2. The average Bonchev–Trinajstić information content (AvgIpc) is 2.32. The van der Waals surface area contributed by atoms with Crippen LogP contribution in [0.5, 0.6) is 5.88 Å². The van der Waals surface area contributed by atoms with Gasteiger partial charge in [0.2, 0.25) is 5.88 Å². The normalized spacial score (nSPS) is 10.1. The highest BCUT2D eigenvalue weighted by molar-refractivity contribution is 5.66. The highest BCUT2D eigenvalue weighted by Gasteiger charge is 2.09. The Balaban J connectivity index is 2.87. The molecule has 0 unspecified atom stereocenters. The van der Waals surface area contributed by atoms with Crippen LogP contribution >= 0.6 is 0 Å². The van der Waals surface area contributed by atoms with E-state index in [0.717, 1.165) is 4.68 Å². The molecule has 0 aliphatic carbocycles. The van der Waals surface area contributed by atoms with Gasteiger partial charge in [0.15, 0.2) is 0 Å². The van der Waals surface area contributed by atoms with E-state index in [1.54, 1.807) is 0 Å². The van der Waals surface area contributed by atoms with E-state index in [1.165, 1.54) is 6.20 Å². The summed E-state index contributed by atoms with van der Waals surface area (Å²) >= 11 is 0. The van der Waals surface area contributed by atoms with Gasteiger partial charge in [0.05, 0.1) is 6.20 Å². The molecular formula is C7H10N2O3. The third-order valence-electron chi connectivity index (χ3n) is 1.55. The van der Waals surface area contributed by atoms with Crippen molar-refractivity contribution in [3.05, 3.63) is 11.8 Å². The molecular weight excluding hydrogens is 160 g/mol. The second-order valence-electron chi connectivity index (χ2n) is 2.40. The van der Waals surface area contributed by atoms with Crippen LogP contribution in [0.1, 0.15) is 12.5 Å². The number of aliphatic carboxylic acids is 1. The van der Waals surface area contributed by atoms with Gasteiger partial charge >= 0.3 is 5.97 Å². The van der Waals surface area contributed by atoms with Crippen LogP contribution in [0.3, 0.4) is 0 Å². The molecule has 0 saturated heterocycles. The molecule has 0 atom stereocenters. The summed E-state index contributed by atoms with van der Waals surface area (Å²) in [5.41, 5.74) is 0.663. The van der Waals surface area contributed by atoms with Gasteiger partial charge in [-0.3, -0.25) is 4.79 Å². The van der Waals surface area contributed by atoms with Crippen molar-refractivity contribution < 1.29 is 15.0 Å². The van der Waals surface area contributed by atoms with E-state index in [-0.39, 0.29) is 12.4 Å². The Morgan fingerprint density at radius 1 is 1.75 bits per heavy atom. The number of nitrogens with zero attached hydrogens (tertiary/aromatic N) is 2. The van der Waals surface area contributed by atoms with Crippen molar-refractivity contribution in [2.45, 2.75) is 19.9 Å². The average molecular weight is 170 g/mol. The highest BCUT2D eigenvalue weighted by Crippen LogP contribution is 2.15. The first-order chi connectivity index (χ1) is 5.65. The topological polar surface area (TPSA) is 75.4 Å². The Labute approximate surface area is 69.2 Å². The summed E-state index contributed by atoms with van der Waals surface area (Å²) in [4.78, 5) is 10.2. The van der Waals surface area contributed by atoms with Crippen LogP contribution in [-0.4, -0.2) is 26.0 Å². The van der Waals surface area contributed by atoms with Crippen LogP contribution in [-0.2, 0) is 17.8 Å². The van der Waals surface area contributed by atoms with Gasteiger partial charge in [-0.2, -0.15) is 5.10 Å². The predicted molar refractivity (Wildman–Crippen MR) is 40.9 cm³/mol. The van der Waals surface area contributed by atoms with Gasteiger partial charge in [-0.05, 0) is 6.42 Å². The van der Waals surface area contributed by atoms with Gasteiger partial charge in [0.1, 0.15) is 6.54 Å². The SMILES string of the molecule is CCc1cnn(CC(=O)O)c1O. The first kappa shape index (κ1) is 8.58. The van der Waals surface area contributed by atoms with Crippen molar-refractivity contribution in [2.24, 2.45) is 0 Å². The molecule has 0 fully saturated rings. The predicted octanol–water partition coefficient (Wildman–Crippen LogP) is 0.236. The largest absolute Gasteiger partial charge is 0.493 e. The lowest BCUT2D eigenvalue weighted by Crippen LogP contribution is -2.09. The Morgan fingerprint density at radius 2 is 2.42 bits per heavy atom. The second-order valence-corrected chi connectivity index (χ2v) is 2.40. The number of aromatic hydroxyl groups is 1. The number of hydrogen-bond acceptors (Lipinski definition) is 3. The van der Waals surface area contributed by atoms with Crippen molar-refractivity contribution in [2.75, 3.05) is 0 Å². The number of rotatable bonds is 3. The number of aryl methyl sites for hydroxylation is 1. The van der Waals surface area contributed by atoms with Gasteiger partial charge in [-0.15, -0.1) is 0 Å². The number of aromatic nitrogens is 2. The van der Waals surface area contributed by atoms with Crippen molar-refractivity contribution in [1.82, 2.24) is 9.78 Å². The Bertz CT molecular complexity index is 293. The van der Waals surface area contributed by atoms with Crippen LogP contribution in [0.2, 0.25) is 0 Å². The summed E-state index contributed by atoms with van der Waals surface area (Å²) < 4.78 is 1.06. The molecule has 2 N–H and O–H groups in total. The Morgan fingerprint density at radius 3 is 2.83 bits per heavy atom. The lowest BCUT2D eigenvalue weighted by atomic mass is 10.3. The molecule has 66 valence electrons. The smallest absolute Gasteiger partial charge is 0.325 e. The minimum atomic E-state index is -1.02. The molecule has 0 spiro atoms. The fraction of sp³-hybridized carbons (Fsp3) is 0.429. The fourth-order valence-corrected chi connectivity index (χ4v) is 0.911. The quantitative estimate of drug-likeness (QED) is 0.681. The molecule has 0 amide bonds. The Kier molecular flexibility index (Phi) is 2.32. The third kappa shape index (κ3) is 1.55. The van der Waals surface area contributed by atoms with Crippen LogP contribution in [0.25, 0.3) is 0 Å². The molecule has 0 aromatic carbocycles. The first-order valence-electron chi connectivity index (χ1n) is 3.60. The summed E-state index contributed by atoms with van der Waals surface area (Å²) in [6.45, 7) is 1.56. The highest BCUT2D eigenvalue weighted by atomic mass is 16.4. The molecule has 1 aromatic heterocycles. The molecule has 12 heavy (non-hydrogen) atoms. The summed E-state index contributed by atoms with van der Waals surface area (Å²) in [7, 11) is 0. The molecule has 1 aromatic rings. The van der Waals surface area contributed by atoms with Crippen LogP contribution in [0.15, 0.2) is 6.20 Å². The lowest BCUT2D eigenvalue weighted by Gasteiger charge is -1.98. The zero-order valence-electron chi connectivity index (χ0n) is 6.69. The van der Waals surface area contributed by atoms with E-state index in [1.807, 2.05) is 6.92 Å². The summed E-state index contributed by atoms with van der Waals surface area (Å²) in [6.07, 6.45) is 2.11. The van der Waals surface area contributed by atoms with Crippen molar-refractivity contribution in [3.8, 4) is 5.88 Å². The molecule has 5 heteroatoms. The number of carboxylic acids is 1. The summed E-state index contributed by atoms with van der Waals surface area (Å²) in [5, 5.41) is 21.4. The molecule has 0 radical (unpaired) electrons. The number of carboxylic acid groups (broad SMARTS) is 1. The van der Waals surface area contributed by atoms with E-state index in [0.29, 0.717) is 12.0 Å². The Hall–Kier alpha value is -1.52.